The highest BCUT2D eigenvalue weighted by Gasteiger charge is 2.25. The van der Waals surface area contributed by atoms with Crippen molar-refractivity contribution < 1.29 is 9.59 Å². The van der Waals surface area contributed by atoms with Crippen molar-refractivity contribution in [3.8, 4) is 11.3 Å². The zero-order valence-electron chi connectivity index (χ0n) is 19.3. The number of H-pyrrole nitrogens is 1. The highest BCUT2D eigenvalue weighted by molar-refractivity contribution is 5.96. The van der Waals surface area contributed by atoms with Crippen LogP contribution in [-0.4, -0.2) is 78.5 Å². The van der Waals surface area contributed by atoms with Gasteiger partial charge in [0.25, 0.3) is 11.8 Å². The lowest BCUT2D eigenvalue weighted by Crippen LogP contribution is -2.57. The number of aryl methyl sites for hydroxylation is 1. The van der Waals surface area contributed by atoms with Gasteiger partial charge in [-0.15, -0.1) is 0 Å². The van der Waals surface area contributed by atoms with E-state index in [4.69, 9.17) is 11.1 Å². The molecule has 1 atom stereocenters. The Bertz CT molecular complexity index is 948. The molecule has 0 radical (unpaired) electrons. The van der Waals surface area contributed by atoms with E-state index >= 15 is 0 Å². The maximum atomic E-state index is 13.0. The molecule has 3 rings (SSSR count). The van der Waals surface area contributed by atoms with Crippen LogP contribution in [0.15, 0.2) is 36.4 Å². The monoisotopic (exact) mass is 454 g/mol. The van der Waals surface area contributed by atoms with Gasteiger partial charge in [0.1, 0.15) is 11.7 Å². The zero-order chi connectivity index (χ0) is 23.8. The van der Waals surface area contributed by atoms with Gasteiger partial charge in [0.2, 0.25) is 0 Å². The first-order valence-electron chi connectivity index (χ1n) is 11.2. The average Bonchev–Trinajstić information content (AvgIpc) is 3.28. The van der Waals surface area contributed by atoms with Gasteiger partial charge in [0, 0.05) is 38.4 Å². The number of carbonyl (C=O) groups is 2. The Kier molecular flexibility index (Phi) is 8.45. The van der Waals surface area contributed by atoms with Crippen LogP contribution < -0.4 is 21.8 Å². The molecular formula is C23H34N8O2. The number of nitrogens with one attached hydrogen (secondary N) is 5. The van der Waals surface area contributed by atoms with Crippen LogP contribution in [0.4, 0.5) is 0 Å². The summed E-state index contributed by atoms with van der Waals surface area (Å²) in [5.41, 5.74) is 11.6. The number of guanidine groups is 1. The lowest BCUT2D eigenvalue weighted by atomic mass is 10.1. The quantitative estimate of drug-likeness (QED) is 0.186. The van der Waals surface area contributed by atoms with Crippen LogP contribution in [0.1, 0.15) is 28.9 Å². The van der Waals surface area contributed by atoms with Crippen LogP contribution >= 0.6 is 0 Å². The third kappa shape index (κ3) is 7.33. The van der Waals surface area contributed by atoms with E-state index in [-0.39, 0.29) is 17.8 Å². The minimum Gasteiger partial charge on any atom is -0.370 e. The highest BCUT2D eigenvalue weighted by Crippen LogP contribution is 2.19. The molecule has 2 heterocycles. The van der Waals surface area contributed by atoms with Crippen LogP contribution in [-0.2, 0) is 4.79 Å². The van der Waals surface area contributed by atoms with Gasteiger partial charge < -0.3 is 26.3 Å². The smallest absolute Gasteiger partial charge is 0.268 e. The number of aromatic amines is 1. The summed E-state index contributed by atoms with van der Waals surface area (Å²) in [6, 6.07) is 10.9. The molecule has 1 fully saturated rings. The average molecular weight is 455 g/mol. The second-order valence-electron chi connectivity index (χ2n) is 8.43. The molecule has 178 valence electrons. The van der Waals surface area contributed by atoms with Crippen LogP contribution in [0.25, 0.3) is 11.3 Å². The van der Waals surface area contributed by atoms with Crippen LogP contribution in [0, 0.1) is 12.3 Å². The van der Waals surface area contributed by atoms with Crippen LogP contribution in [0.2, 0.25) is 0 Å². The minimum absolute atomic E-state index is 0.118. The van der Waals surface area contributed by atoms with E-state index in [1.807, 2.05) is 49.3 Å². The summed E-state index contributed by atoms with van der Waals surface area (Å²) in [7, 11) is 2.05. The predicted octanol–water partition coefficient (Wildman–Crippen LogP) is 0.630. The first-order valence-corrected chi connectivity index (χ1v) is 11.2. The molecule has 0 bridgehead atoms. The van der Waals surface area contributed by atoms with E-state index in [9.17, 15) is 9.59 Å². The van der Waals surface area contributed by atoms with E-state index in [0.717, 1.165) is 43.0 Å². The number of nitrogens with two attached hydrogens (primary N) is 1. The number of piperazine rings is 1. The molecule has 1 saturated heterocycles. The summed E-state index contributed by atoms with van der Waals surface area (Å²) in [5.74, 6) is -0.708. The van der Waals surface area contributed by atoms with Crippen LogP contribution in [0.3, 0.4) is 0 Å². The summed E-state index contributed by atoms with van der Waals surface area (Å²) in [6.45, 7) is 5.66. The molecule has 2 aromatic rings. The lowest BCUT2D eigenvalue weighted by molar-refractivity contribution is -0.128. The molecule has 10 nitrogen and oxygen atoms in total. The summed E-state index contributed by atoms with van der Waals surface area (Å²) in [6.07, 6.45) is 0.983. The molecule has 0 saturated carbocycles. The lowest BCUT2D eigenvalue weighted by Gasteiger charge is -2.33. The second kappa shape index (κ2) is 11.5. The molecule has 0 spiro atoms. The third-order valence-electron chi connectivity index (χ3n) is 5.67. The molecule has 1 unspecified atom stereocenters. The molecule has 1 aliphatic heterocycles. The van der Waals surface area contributed by atoms with E-state index in [1.54, 1.807) is 6.07 Å². The molecule has 10 heteroatoms. The molecule has 1 aromatic heterocycles. The Morgan fingerprint density at radius 2 is 1.82 bits per heavy atom. The Balaban J connectivity index is 1.63. The van der Waals surface area contributed by atoms with E-state index in [1.165, 1.54) is 0 Å². The normalized spacial score (nSPS) is 15.6. The van der Waals surface area contributed by atoms with Crippen molar-refractivity contribution in [2.45, 2.75) is 25.8 Å². The number of rotatable bonds is 9. The number of hydrazine groups is 1. The summed E-state index contributed by atoms with van der Waals surface area (Å²) in [4.78, 5) is 31.2. The Labute approximate surface area is 194 Å². The Hall–Kier alpha value is -3.37. The Morgan fingerprint density at radius 3 is 2.48 bits per heavy atom. The minimum atomic E-state index is -0.711. The predicted molar refractivity (Wildman–Crippen MR) is 129 cm³/mol. The summed E-state index contributed by atoms with van der Waals surface area (Å²) in [5, 5.41) is 14.7. The SMILES string of the molecule is Cc1ccc(-c2ccc(C(=O)NC(CCCNC(=N)N)C(=O)NN3CCN(C)CC3)[nH]2)cc1. The number of amides is 2. The zero-order valence-corrected chi connectivity index (χ0v) is 19.3. The van der Waals surface area contributed by atoms with Gasteiger partial charge in [0.15, 0.2) is 5.96 Å². The van der Waals surface area contributed by atoms with E-state index in [0.29, 0.717) is 25.1 Å². The third-order valence-corrected chi connectivity index (χ3v) is 5.67. The second-order valence-corrected chi connectivity index (χ2v) is 8.43. The maximum absolute atomic E-state index is 13.0. The number of likely N-dealkylation sites (N-methyl/N-ethyl adjacent to an activating group) is 1. The van der Waals surface area contributed by atoms with Gasteiger partial charge in [-0.05, 0) is 44.5 Å². The molecule has 33 heavy (non-hydrogen) atoms. The molecular weight excluding hydrogens is 420 g/mol. The fourth-order valence-electron chi connectivity index (χ4n) is 3.62. The largest absolute Gasteiger partial charge is 0.370 e. The molecule has 1 aromatic carbocycles. The van der Waals surface area contributed by atoms with Gasteiger partial charge in [0.05, 0.1) is 0 Å². The number of aromatic nitrogens is 1. The number of carbonyl (C=O) groups excluding carboxylic acids is 2. The fourth-order valence-corrected chi connectivity index (χ4v) is 3.62. The number of hydrogen-bond acceptors (Lipinski definition) is 5. The van der Waals surface area contributed by atoms with Crippen molar-refractivity contribution in [2.75, 3.05) is 39.8 Å². The molecule has 0 aliphatic carbocycles. The van der Waals surface area contributed by atoms with Crippen LogP contribution in [0.5, 0.6) is 0 Å². The van der Waals surface area contributed by atoms with Crippen molar-refractivity contribution in [3.05, 3.63) is 47.7 Å². The van der Waals surface area contributed by atoms with Crippen molar-refractivity contribution in [2.24, 2.45) is 5.73 Å². The fraction of sp³-hybridized carbons (Fsp3) is 0.435. The van der Waals surface area contributed by atoms with Gasteiger partial charge in [-0.3, -0.25) is 20.4 Å². The van der Waals surface area contributed by atoms with E-state index < -0.39 is 6.04 Å². The van der Waals surface area contributed by atoms with Crippen molar-refractivity contribution in [1.29, 1.82) is 5.41 Å². The standard InChI is InChI=1S/C23H34N8O2/c1-16-5-7-17(8-6-16)18-9-10-20(27-18)21(32)28-19(4-3-11-26-23(24)25)22(33)29-31-14-12-30(2)13-15-31/h5-10,19,27H,3-4,11-15H2,1-2H3,(H,28,32)(H,29,33)(H4,24,25,26). The first-order chi connectivity index (χ1) is 15.8. The van der Waals surface area contributed by atoms with Crippen molar-refractivity contribution in [3.63, 3.8) is 0 Å². The maximum Gasteiger partial charge on any atom is 0.268 e. The summed E-state index contributed by atoms with van der Waals surface area (Å²) < 4.78 is 0. The van der Waals surface area contributed by atoms with Gasteiger partial charge in [-0.1, -0.05) is 29.8 Å². The van der Waals surface area contributed by atoms with Crippen molar-refractivity contribution in [1.82, 2.24) is 31.0 Å². The topological polar surface area (TPSA) is 142 Å². The molecule has 7 N–H and O–H groups in total. The van der Waals surface area contributed by atoms with Crippen molar-refractivity contribution >= 4 is 17.8 Å². The molecule has 2 amide bonds. The van der Waals surface area contributed by atoms with Gasteiger partial charge in [-0.25, -0.2) is 5.01 Å². The van der Waals surface area contributed by atoms with Gasteiger partial charge >= 0.3 is 0 Å². The Morgan fingerprint density at radius 1 is 1.12 bits per heavy atom. The first kappa shape index (κ1) is 24.3. The number of benzene rings is 1. The number of nitrogens with zero attached hydrogens (tertiary/aromatic N) is 2. The molecule has 1 aliphatic rings. The van der Waals surface area contributed by atoms with E-state index in [2.05, 4.69) is 25.9 Å². The van der Waals surface area contributed by atoms with Gasteiger partial charge in [-0.2, -0.15) is 0 Å². The summed E-state index contributed by atoms with van der Waals surface area (Å²) >= 11 is 0. The highest BCUT2D eigenvalue weighted by atomic mass is 16.2. The number of hydrogen-bond donors (Lipinski definition) is 6.